The second-order valence-corrected chi connectivity index (χ2v) is 0.729. The zero-order chi connectivity index (χ0) is 4.99. The predicted molar refractivity (Wildman–Crippen MR) is 17.9 cm³/mol. The third-order valence-electron chi connectivity index (χ3n) is 0.230. The third-order valence-corrected chi connectivity index (χ3v) is 0.230. The summed E-state index contributed by atoms with van der Waals surface area (Å²) < 4.78 is 0. The molecule has 4 heteroatoms. The fraction of sp³-hybridized carbons (Fsp3) is 0.333. The van der Waals surface area contributed by atoms with Gasteiger partial charge >= 0.3 is 5.97 Å². The van der Waals surface area contributed by atoms with Crippen LogP contribution >= 0.6 is 0 Å². The van der Waals surface area contributed by atoms with E-state index in [2.05, 4.69) is 0 Å². The SMILES string of the molecule is N#CCC(=O)O.[Cd]. The largest absolute Gasteiger partial charge is 0.480 e. The first-order valence-corrected chi connectivity index (χ1v) is 1.36. The van der Waals surface area contributed by atoms with Crippen molar-refractivity contribution in [2.24, 2.45) is 0 Å². The molecule has 1 N–H and O–H groups in total. The van der Waals surface area contributed by atoms with Crippen LogP contribution in [0.2, 0.25) is 0 Å². The van der Waals surface area contributed by atoms with Gasteiger partial charge in [0.2, 0.25) is 0 Å². The summed E-state index contributed by atoms with van der Waals surface area (Å²) in [4.78, 5) is 9.38. The Labute approximate surface area is 61.1 Å². The minimum atomic E-state index is -1.07. The molecule has 0 aliphatic heterocycles. The molecular formula is C3H3CdNO2. The van der Waals surface area contributed by atoms with Gasteiger partial charge in [0.05, 0.1) is 6.07 Å². The van der Waals surface area contributed by atoms with E-state index in [0.29, 0.717) is 0 Å². The molecule has 0 aliphatic rings. The number of carboxylic acids is 1. The molecule has 0 bridgehead atoms. The van der Waals surface area contributed by atoms with Gasteiger partial charge in [0.25, 0.3) is 0 Å². The van der Waals surface area contributed by atoms with Crippen molar-refractivity contribution in [2.75, 3.05) is 0 Å². The fourth-order valence-corrected chi connectivity index (χ4v) is 0.0676. The summed E-state index contributed by atoms with van der Waals surface area (Å²) in [6.45, 7) is 0. The van der Waals surface area contributed by atoms with Crippen molar-refractivity contribution >= 4 is 5.97 Å². The third kappa shape index (κ3) is 10.7. The molecule has 0 amide bonds. The number of carbonyl (C=O) groups is 1. The quantitative estimate of drug-likeness (QED) is 0.601. The number of rotatable bonds is 1. The Kier molecular flexibility index (Phi) is 8.39. The number of aliphatic carboxylic acids is 1. The maximum absolute atomic E-state index is 9.38. The van der Waals surface area contributed by atoms with Gasteiger partial charge in [-0.1, -0.05) is 0 Å². The number of nitriles is 1. The molecule has 0 aromatic carbocycles. The Morgan fingerprint density at radius 1 is 1.86 bits per heavy atom. The zero-order valence-electron chi connectivity index (χ0n) is 3.72. The maximum Gasteiger partial charge on any atom is 0.317 e. The molecule has 7 heavy (non-hydrogen) atoms. The van der Waals surface area contributed by atoms with E-state index in [-0.39, 0.29) is 27.3 Å². The minimum absolute atomic E-state index is 0. The summed E-state index contributed by atoms with van der Waals surface area (Å²) in [6, 6.07) is 1.47. The number of nitrogens with zero attached hydrogens (tertiary/aromatic N) is 1. The average molecular weight is 197 g/mol. The molecular weight excluding hydrogens is 194 g/mol. The van der Waals surface area contributed by atoms with E-state index < -0.39 is 12.4 Å². The van der Waals surface area contributed by atoms with Gasteiger partial charge < -0.3 is 5.11 Å². The molecule has 0 atom stereocenters. The molecule has 0 radical (unpaired) electrons. The molecule has 0 fully saturated rings. The fourth-order valence-electron chi connectivity index (χ4n) is 0.0676. The molecule has 3 nitrogen and oxygen atoms in total. The Balaban J connectivity index is 0. The van der Waals surface area contributed by atoms with Crippen LogP contribution in [-0.4, -0.2) is 11.1 Å². The Bertz CT molecular complexity index is 95.6. The molecule has 0 rings (SSSR count). The van der Waals surface area contributed by atoms with E-state index in [9.17, 15) is 4.79 Å². The van der Waals surface area contributed by atoms with Gasteiger partial charge in [0.15, 0.2) is 0 Å². The van der Waals surface area contributed by atoms with Gasteiger partial charge in [-0.3, -0.25) is 4.79 Å². The van der Waals surface area contributed by atoms with Gasteiger partial charge in [-0.15, -0.1) is 0 Å². The van der Waals surface area contributed by atoms with Crippen LogP contribution in [-0.2, 0) is 32.1 Å². The van der Waals surface area contributed by atoms with Crippen LogP contribution < -0.4 is 0 Å². The molecule has 0 aromatic heterocycles. The minimum Gasteiger partial charge on any atom is -0.480 e. The van der Waals surface area contributed by atoms with Crippen molar-refractivity contribution in [1.82, 2.24) is 0 Å². The molecule has 0 spiro atoms. The van der Waals surface area contributed by atoms with E-state index in [4.69, 9.17) is 10.4 Å². The van der Waals surface area contributed by atoms with Crippen molar-refractivity contribution in [2.45, 2.75) is 6.42 Å². The molecule has 0 aliphatic carbocycles. The average Bonchev–Trinajstić information content (AvgIpc) is 1.35. The van der Waals surface area contributed by atoms with Crippen LogP contribution in [0.15, 0.2) is 0 Å². The monoisotopic (exact) mass is 199 g/mol. The Morgan fingerprint density at radius 2 is 2.29 bits per heavy atom. The summed E-state index contributed by atoms with van der Waals surface area (Å²) in [6.07, 6.45) is -0.403. The first-order valence-electron chi connectivity index (χ1n) is 1.36. The molecule has 0 saturated heterocycles. The van der Waals surface area contributed by atoms with Gasteiger partial charge in [-0.05, 0) is 0 Å². The van der Waals surface area contributed by atoms with Crippen molar-refractivity contribution in [3.8, 4) is 6.07 Å². The van der Waals surface area contributed by atoms with Crippen molar-refractivity contribution in [1.29, 1.82) is 5.26 Å². The van der Waals surface area contributed by atoms with E-state index in [1.54, 1.807) is 0 Å². The van der Waals surface area contributed by atoms with Crippen LogP contribution in [0.1, 0.15) is 6.42 Å². The van der Waals surface area contributed by atoms with E-state index in [1.807, 2.05) is 0 Å². The Morgan fingerprint density at radius 3 is 2.29 bits per heavy atom. The number of hydrogen-bond donors (Lipinski definition) is 1. The maximum atomic E-state index is 9.38. The van der Waals surface area contributed by atoms with E-state index >= 15 is 0 Å². The first kappa shape index (κ1) is 9.99. The van der Waals surface area contributed by atoms with Gasteiger partial charge in [-0.25, -0.2) is 0 Å². The molecule has 0 aromatic rings. The second-order valence-electron chi connectivity index (χ2n) is 0.729. The molecule has 0 heterocycles. The standard InChI is InChI=1S/C3H3NO2.Cd/c4-2-1-3(5)6;/h1H2,(H,5,6);. The van der Waals surface area contributed by atoms with Crippen molar-refractivity contribution in [3.05, 3.63) is 0 Å². The van der Waals surface area contributed by atoms with E-state index in [1.165, 1.54) is 6.07 Å². The Hall–Kier alpha value is -0.118. The van der Waals surface area contributed by atoms with Crippen LogP contribution in [0.4, 0.5) is 0 Å². The van der Waals surface area contributed by atoms with Crippen LogP contribution in [0.5, 0.6) is 0 Å². The van der Waals surface area contributed by atoms with Gasteiger partial charge in [0.1, 0.15) is 6.42 Å². The summed E-state index contributed by atoms with van der Waals surface area (Å²) >= 11 is 0. The van der Waals surface area contributed by atoms with Crippen molar-refractivity contribution < 1.29 is 37.2 Å². The normalized spacial score (nSPS) is 5.57. The second kappa shape index (κ2) is 5.88. The smallest absolute Gasteiger partial charge is 0.317 e. The topological polar surface area (TPSA) is 61.1 Å². The molecule has 0 saturated carbocycles. The molecule has 34 valence electrons. The van der Waals surface area contributed by atoms with Crippen LogP contribution in [0.25, 0.3) is 0 Å². The van der Waals surface area contributed by atoms with Gasteiger partial charge in [0, 0.05) is 27.3 Å². The van der Waals surface area contributed by atoms with E-state index in [0.717, 1.165) is 0 Å². The van der Waals surface area contributed by atoms with Gasteiger partial charge in [-0.2, -0.15) is 5.26 Å². The van der Waals surface area contributed by atoms with Crippen LogP contribution in [0, 0.1) is 11.3 Å². The number of hydrogen-bond acceptors (Lipinski definition) is 2. The summed E-state index contributed by atoms with van der Waals surface area (Å²) in [5, 5.41) is 15.3. The zero-order valence-corrected chi connectivity index (χ0v) is 7.75. The summed E-state index contributed by atoms with van der Waals surface area (Å²) in [5.74, 6) is -1.07. The summed E-state index contributed by atoms with van der Waals surface area (Å²) in [7, 11) is 0. The van der Waals surface area contributed by atoms with Crippen molar-refractivity contribution in [3.63, 3.8) is 0 Å². The predicted octanol–water partition coefficient (Wildman–Crippen LogP) is -0.0178. The van der Waals surface area contributed by atoms with Crippen LogP contribution in [0.3, 0.4) is 0 Å². The number of carboxylic acid groups (broad SMARTS) is 1. The first-order chi connectivity index (χ1) is 2.77. The summed E-state index contributed by atoms with van der Waals surface area (Å²) in [5.41, 5.74) is 0. The molecule has 0 unspecified atom stereocenters.